The van der Waals surface area contributed by atoms with Crippen LogP contribution in [0.2, 0.25) is 0 Å². The molecule has 1 aliphatic rings. The molecule has 0 aliphatic carbocycles. The molecule has 0 spiro atoms. The van der Waals surface area contributed by atoms with E-state index in [-0.39, 0.29) is 9.77 Å². The highest BCUT2D eigenvalue weighted by Gasteiger charge is 2.31. The molecule has 0 radical (unpaired) electrons. The van der Waals surface area contributed by atoms with Crippen molar-refractivity contribution in [3.05, 3.63) is 46.2 Å². The Bertz CT molecular complexity index is 964. The van der Waals surface area contributed by atoms with Gasteiger partial charge < -0.3 is 4.74 Å². The quantitative estimate of drug-likeness (QED) is 0.675. The van der Waals surface area contributed by atoms with Gasteiger partial charge in [0.1, 0.15) is 15.5 Å². The number of hydrazine groups is 1. The van der Waals surface area contributed by atoms with Crippen molar-refractivity contribution < 1.29 is 22.7 Å². The Hall–Kier alpha value is -2.43. The van der Waals surface area contributed by atoms with Gasteiger partial charge in [-0.05, 0) is 55.5 Å². The summed E-state index contributed by atoms with van der Waals surface area (Å²) in [5.74, 6) is -0.549. The summed E-state index contributed by atoms with van der Waals surface area (Å²) in [5.41, 5.74) is 4.95. The average molecular weight is 438 g/mol. The van der Waals surface area contributed by atoms with E-state index in [1.54, 1.807) is 29.6 Å². The molecule has 1 aromatic carbocycles. The van der Waals surface area contributed by atoms with E-state index >= 15 is 0 Å². The lowest BCUT2D eigenvalue weighted by atomic mass is 10.2. The zero-order valence-corrected chi connectivity index (χ0v) is 17.6. The average Bonchev–Trinajstić information content (AvgIpc) is 3.24. The zero-order chi connectivity index (χ0) is 20.9. The van der Waals surface area contributed by atoms with E-state index in [1.807, 2.05) is 6.92 Å². The van der Waals surface area contributed by atoms with Gasteiger partial charge in [0, 0.05) is 18.7 Å². The van der Waals surface area contributed by atoms with E-state index in [0.29, 0.717) is 31.0 Å². The monoisotopic (exact) mass is 437 g/mol. The predicted octanol–water partition coefficient (Wildman–Crippen LogP) is 2.40. The molecule has 2 aromatic rings. The first-order valence-corrected chi connectivity index (χ1v) is 11.7. The highest BCUT2D eigenvalue weighted by Crippen LogP contribution is 2.27. The minimum Gasteiger partial charge on any atom is -0.494 e. The van der Waals surface area contributed by atoms with Crippen LogP contribution >= 0.6 is 11.3 Å². The van der Waals surface area contributed by atoms with Gasteiger partial charge >= 0.3 is 0 Å². The number of carbonyl (C=O) groups is 2. The second-order valence-corrected chi connectivity index (χ2v) is 9.27. The molecule has 1 aromatic heterocycles. The van der Waals surface area contributed by atoms with Crippen molar-refractivity contribution >= 4 is 33.2 Å². The maximum atomic E-state index is 12.9. The summed E-state index contributed by atoms with van der Waals surface area (Å²) >= 11 is 1.02. The van der Waals surface area contributed by atoms with E-state index < -0.39 is 21.8 Å². The number of thiophene rings is 1. The van der Waals surface area contributed by atoms with Crippen LogP contribution in [0.4, 0.5) is 0 Å². The molecule has 0 atom stereocenters. The van der Waals surface area contributed by atoms with Crippen LogP contribution in [0, 0.1) is 0 Å². The van der Waals surface area contributed by atoms with Crippen LogP contribution in [0.3, 0.4) is 0 Å². The third-order valence-corrected chi connectivity index (χ3v) is 7.47. The Kier molecular flexibility index (Phi) is 6.88. The predicted molar refractivity (Wildman–Crippen MR) is 109 cm³/mol. The van der Waals surface area contributed by atoms with Crippen LogP contribution in [0.15, 0.2) is 40.6 Å². The van der Waals surface area contributed by atoms with Gasteiger partial charge in [-0.2, -0.15) is 4.31 Å². The van der Waals surface area contributed by atoms with Crippen molar-refractivity contribution in [1.29, 1.82) is 0 Å². The van der Waals surface area contributed by atoms with E-state index in [4.69, 9.17) is 4.74 Å². The molecule has 2 amide bonds. The van der Waals surface area contributed by atoms with Crippen LogP contribution in [0.1, 0.15) is 46.2 Å². The lowest BCUT2D eigenvalue weighted by Crippen LogP contribution is -2.42. The molecule has 0 saturated carbocycles. The topological polar surface area (TPSA) is 105 Å². The van der Waals surface area contributed by atoms with Crippen LogP contribution in [0.25, 0.3) is 0 Å². The largest absolute Gasteiger partial charge is 0.494 e. The van der Waals surface area contributed by atoms with Gasteiger partial charge in [-0.1, -0.05) is 6.42 Å². The zero-order valence-electron chi connectivity index (χ0n) is 16.0. The Morgan fingerprint density at radius 1 is 1.03 bits per heavy atom. The van der Waals surface area contributed by atoms with E-state index in [2.05, 4.69) is 10.9 Å². The number of ether oxygens (including phenoxy) is 1. The van der Waals surface area contributed by atoms with Gasteiger partial charge in [0.25, 0.3) is 11.8 Å². The second-order valence-electron chi connectivity index (χ2n) is 6.44. The Morgan fingerprint density at radius 3 is 2.34 bits per heavy atom. The van der Waals surface area contributed by atoms with Crippen molar-refractivity contribution in [1.82, 2.24) is 15.2 Å². The summed E-state index contributed by atoms with van der Waals surface area (Å²) in [6, 6.07) is 7.89. The van der Waals surface area contributed by atoms with Gasteiger partial charge in [-0.3, -0.25) is 20.4 Å². The van der Waals surface area contributed by atoms with Crippen molar-refractivity contribution in [2.24, 2.45) is 0 Å². The maximum Gasteiger partial charge on any atom is 0.281 e. The number of hydrogen-bond donors (Lipinski definition) is 2. The molecule has 0 unspecified atom stereocenters. The van der Waals surface area contributed by atoms with Crippen molar-refractivity contribution in [2.75, 3.05) is 19.7 Å². The Labute approximate surface area is 173 Å². The lowest BCUT2D eigenvalue weighted by molar-refractivity contribution is 0.0847. The number of piperidine rings is 1. The summed E-state index contributed by atoms with van der Waals surface area (Å²) in [5, 5.41) is 1.56. The van der Waals surface area contributed by atoms with Crippen LogP contribution in [0.5, 0.6) is 5.75 Å². The van der Waals surface area contributed by atoms with Gasteiger partial charge in [0.05, 0.1) is 6.61 Å². The molecule has 1 aliphatic heterocycles. The highest BCUT2D eigenvalue weighted by atomic mass is 32.2. The molecule has 156 valence electrons. The molecule has 0 bridgehead atoms. The Balaban J connectivity index is 1.66. The van der Waals surface area contributed by atoms with Gasteiger partial charge in [0.15, 0.2) is 0 Å². The first kappa shape index (κ1) is 21.3. The number of nitrogens with zero attached hydrogens (tertiary/aromatic N) is 1. The fourth-order valence-corrected chi connectivity index (χ4v) is 5.84. The SMILES string of the molecule is CCOc1ccc(C(=O)NNC(=O)c2sccc2S(=O)(=O)N2CCCCC2)cc1. The molecule has 2 N–H and O–H groups in total. The summed E-state index contributed by atoms with van der Waals surface area (Å²) in [6.07, 6.45) is 2.62. The normalized spacial score (nSPS) is 14.9. The molecule has 1 saturated heterocycles. The molecule has 10 heteroatoms. The third kappa shape index (κ3) is 4.95. The number of amides is 2. The number of sulfonamides is 1. The van der Waals surface area contributed by atoms with Gasteiger partial charge in [-0.15, -0.1) is 11.3 Å². The standard InChI is InChI=1S/C19H23N3O5S2/c1-2-27-15-8-6-14(7-9-15)18(23)20-21-19(24)17-16(10-13-28-17)29(25,26)22-11-4-3-5-12-22/h6-10,13H,2-5,11-12H2,1H3,(H,20,23)(H,21,24). The third-order valence-electron chi connectivity index (χ3n) is 4.49. The van der Waals surface area contributed by atoms with Crippen LogP contribution in [-0.2, 0) is 10.0 Å². The number of benzene rings is 1. The summed E-state index contributed by atoms with van der Waals surface area (Å²) in [7, 11) is -3.74. The summed E-state index contributed by atoms with van der Waals surface area (Å²) in [6.45, 7) is 3.28. The number of nitrogens with one attached hydrogen (secondary N) is 2. The van der Waals surface area contributed by atoms with Crippen molar-refractivity contribution in [3.8, 4) is 5.75 Å². The van der Waals surface area contributed by atoms with Crippen molar-refractivity contribution in [2.45, 2.75) is 31.1 Å². The molecule has 3 rings (SSSR count). The summed E-state index contributed by atoms with van der Waals surface area (Å²) < 4.78 is 32.5. The lowest BCUT2D eigenvalue weighted by Gasteiger charge is -2.25. The number of carbonyl (C=O) groups excluding carboxylic acids is 2. The van der Waals surface area contributed by atoms with E-state index in [0.717, 1.165) is 30.6 Å². The molecule has 1 fully saturated rings. The smallest absolute Gasteiger partial charge is 0.281 e. The van der Waals surface area contributed by atoms with Crippen molar-refractivity contribution in [3.63, 3.8) is 0 Å². The minimum absolute atomic E-state index is 0.0304. The maximum absolute atomic E-state index is 12.9. The minimum atomic E-state index is -3.74. The summed E-state index contributed by atoms with van der Waals surface area (Å²) in [4.78, 5) is 24.8. The molecule has 2 heterocycles. The number of rotatable bonds is 6. The highest BCUT2D eigenvalue weighted by molar-refractivity contribution is 7.89. The first-order valence-electron chi connectivity index (χ1n) is 9.34. The fraction of sp³-hybridized carbons (Fsp3) is 0.368. The Morgan fingerprint density at radius 2 is 1.69 bits per heavy atom. The van der Waals surface area contributed by atoms with E-state index in [9.17, 15) is 18.0 Å². The first-order chi connectivity index (χ1) is 13.9. The molecular weight excluding hydrogens is 414 g/mol. The number of hydrogen-bond acceptors (Lipinski definition) is 6. The molecular formula is C19H23N3O5S2. The molecule has 29 heavy (non-hydrogen) atoms. The van der Waals surface area contributed by atoms with E-state index in [1.165, 1.54) is 10.4 Å². The van der Waals surface area contributed by atoms with Crippen LogP contribution < -0.4 is 15.6 Å². The second kappa shape index (κ2) is 9.38. The van der Waals surface area contributed by atoms with Gasteiger partial charge in [0.2, 0.25) is 10.0 Å². The molecule has 8 nitrogen and oxygen atoms in total. The van der Waals surface area contributed by atoms with Crippen LogP contribution in [-0.4, -0.2) is 44.2 Å². The fourth-order valence-electron chi connectivity index (χ4n) is 3.02. The van der Waals surface area contributed by atoms with Gasteiger partial charge in [-0.25, -0.2) is 8.42 Å².